The number of aliphatic hydroxyl groups excluding tert-OH is 1. The highest BCUT2D eigenvalue weighted by atomic mass is 16.7. The summed E-state index contributed by atoms with van der Waals surface area (Å²) in [6, 6.07) is 0. The lowest BCUT2D eigenvalue weighted by Crippen LogP contribution is -2.46. The van der Waals surface area contributed by atoms with Crippen molar-refractivity contribution in [1.29, 1.82) is 0 Å². The van der Waals surface area contributed by atoms with Gasteiger partial charge in [-0.3, -0.25) is 4.79 Å². The average molecular weight is 734 g/mol. The molecule has 0 aromatic rings. The molecule has 0 radical (unpaired) electrons. The third-order valence-electron chi connectivity index (χ3n) is 12.7. The summed E-state index contributed by atoms with van der Waals surface area (Å²) in [5.41, 5.74) is 0.439. The van der Waals surface area contributed by atoms with E-state index in [4.69, 9.17) is 14.2 Å². The van der Waals surface area contributed by atoms with Crippen LogP contribution in [-0.4, -0.2) is 67.7 Å². The van der Waals surface area contributed by atoms with Gasteiger partial charge < -0.3 is 24.2 Å². The Bertz CT molecular complexity index is 859. The van der Waals surface area contributed by atoms with Gasteiger partial charge in [0.15, 0.2) is 0 Å². The van der Waals surface area contributed by atoms with Crippen LogP contribution in [0.1, 0.15) is 206 Å². The van der Waals surface area contributed by atoms with Crippen molar-refractivity contribution in [3.8, 4) is 0 Å². The summed E-state index contributed by atoms with van der Waals surface area (Å²) in [7, 11) is 0. The third kappa shape index (κ3) is 19.8. The quantitative estimate of drug-likeness (QED) is 0.0520. The second-order valence-corrected chi connectivity index (χ2v) is 17.5. The first-order valence-corrected chi connectivity index (χ1v) is 22.8. The van der Waals surface area contributed by atoms with Crippen LogP contribution < -0.4 is 0 Å². The van der Waals surface area contributed by atoms with Crippen molar-refractivity contribution in [2.75, 3.05) is 39.5 Å². The molecule has 0 spiro atoms. The molecule has 0 amide bonds. The Hall–Kier alpha value is -1.34. The lowest BCUT2D eigenvalue weighted by molar-refractivity contribution is -0.150. The minimum atomic E-state index is -0.500. The van der Waals surface area contributed by atoms with Gasteiger partial charge in [-0.2, -0.15) is 0 Å². The van der Waals surface area contributed by atoms with Crippen molar-refractivity contribution in [3.05, 3.63) is 0 Å². The van der Waals surface area contributed by atoms with Gasteiger partial charge in [0.05, 0.1) is 19.8 Å². The van der Waals surface area contributed by atoms with Crippen molar-refractivity contribution >= 4 is 12.1 Å². The van der Waals surface area contributed by atoms with Gasteiger partial charge in [0.25, 0.3) is 0 Å². The highest BCUT2D eigenvalue weighted by molar-refractivity contribution is 5.69. The van der Waals surface area contributed by atoms with E-state index in [-0.39, 0.29) is 18.7 Å². The predicted octanol–water partition coefficient (Wildman–Crippen LogP) is 12.0. The third-order valence-corrected chi connectivity index (χ3v) is 12.7. The number of rotatable bonds is 34. The number of hydrogen-bond donors (Lipinski definition) is 1. The molecule has 4 saturated carbocycles. The van der Waals surface area contributed by atoms with Crippen molar-refractivity contribution in [1.82, 2.24) is 4.90 Å². The van der Waals surface area contributed by atoms with Gasteiger partial charge in [0.1, 0.15) is 6.10 Å². The fourth-order valence-corrected chi connectivity index (χ4v) is 10.2. The molecule has 52 heavy (non-hydrogen) atoms. The second-order valence-electron chi connectivity index (χ2n) is 17.5. The predicted molar refractivity (Wildman–Crippen MR) is 213 cm³/mol. The van der Waals surface area contributed by atoms with Crippen LogP contribution in [0.15, 0.2) is 0 Å². The van der Waals surface area contributed by atoms with E-state index < -0.39 is 6.16 Å². The molecule has 0 heterocycles. The van der Waals surface area contributed by atoms with Crippen LogP contribution in [0.2, 0.25) is 0 Å². The molecule has 0 atom stereocenters. The monoisotopic (exact) mass is 734 g/mol. The Balaban J connectivity index is 1.15. The molecular weight excluding hydrogens is 650 g/mol. The molecule has 0 saturated heterocycles. The second kappa shape index (κ2) is 28.1. The zero-order valence-corrected chi connectivity index (χ0v) is 34.2. The van der Waals surface area contributed by atoms with Crippen LogP contribution in [0.5, 0.6) is 0 Å². The molecule has 0 unspecified atom stereocenters. The largest absolute Gasteiger partial charge is 0.508 e. The minimum Gasteiger partial charge on any atom is -0.462 e. The summed E-state index contributed by atoms with van der Waals surface area (Å²) < 4.78 is 16.9. The average Bonchev–Trinajstić information content (AvgIpc) is 3.11. The molecule has 0 aromatic carbocycles. The highest BCUT2D eigenvalue weighted by Gasteiger charge is 2.50. The molecule has 0 aromatic heterocycles. The van der Waals surface area contributed by atoms with Crippen LogP contribution in [-0.2, 0) is 19.0 Å². The molecule has 4 fully saturated rings. The lowest BCUT2D eigenvalue weighted by atomic mass is 9.49. The number of unbranched alkanes of at least 4 members (excludes halogenated alkanes) is 16. The number of hydrogen-bond acceptors (Lipinski definition) is 7. The van der Waals surface area contributed by atoms with Gasteiger partial charge >= 0.3 is 12.1 Å². The Labute approximate surface area is 320 Å². The molecule has 7 nitrogen and oxygen atoms in total. The van der Waals surface area contributed by atoms with Gasteiger partial charge in [0, 0.05) is 13.0 Å². The molecule has 4 aliphatic carbocycles. The van der Waals surface area contributed by atoms with Crippen LogP contribution in [0.4, 0.5) is 4.79 Å². The van der Waals surface area contributed by atoms with E-state index in [0.717, 1.165) is 101 Å². The first-order chi connectivity index (χ1) is 25.4. The molecule has 4 rings (SSSR count). The van der Waals surface area contributed by atoms with Crippen molar-refractivity contribution in [3.63, 3.8) is 0 Å². The first kappa shape index (κ1) is 45.1. The summed E-state index contributed by atoms with van der Waals surface area (Å²) in [5, 5.41) is 9.57. The standard InChI is InChI=1S/C45H83NO6/c1-3-5-7-9-12-17-23-42(24-18-13-10-8-6-4-2)52-43(48)25-19-14-11-15-20-27-46(29-30-47)28-21-16-22-31-50-44(49)51-32-26-45-36-39-33-40(37-45)35-41(34-39)38-45/h39-42,47H,3-38H2,1-2H3. The SMILES string of the molecule is CCCCCCCCC(CCCCCCCC)OC(=O)CCCCCCCN(CCO)CCCCCOC(=O)OCCC12CC3CC(CC(C3)C1)C2. The van der Waals surface area contributed by atoms with E-state index in [2.05, 4.69) is 18.7 Å². The summed E-state index contributed by atoms with van der Waals surface area (Å²) >= 11 is 0. The van der Waals surface area contributed by atoms with Crippen LogP contribution in [0, 0.1) is 23.2 Å². The van der Waals surface area contributed by atoms with Crippen LogP contribution in [0.3, 0.4) is 0 Å². The summed E-state index contributed by atoms with van der Waals surface area (Å²) in [6.45, 7) is 8.28. The highest BCUT2D eigenvalue weighted by Crippen LogP contribution is 2.61. The molecule has 0 aliphatic heterocycles. The maximum atomic E-state index is 12.7. The van der Waals surface area contributed by atoms with E-state index in [1.165, 1.54) is 116 Å². The van der Waals surface area contributed by atoms with Gasteiger partial charge in [-0.05, 0) is 139 Å². The van der Waals surface area contributed by atoms with E-state index in [1.807, 2.05) is 0 Å². The molecule has 7 heteroatoms. The van der Waals surface area contributed by atoms with E-state index in [0.29, 0.717) is 31.6 Å². The van der Waals surface area contributed by atoms with Crippen molar-refractivity contribution < 1.29 is 28.9 Å². The number of carbonyl (C=O) groups excluding carboxylic acids is 2. The Morgan fingerprint density at radius 2 is 1.10 bits per heavy atom. The van der Waals surface area contributed by atoms with Crippen molar-refractivity contribution in [2.45, 2.75) is 213 Å². The molecule has 4 bridgehead atoms. The zero-order valence-electron chi connectivity index (χ0n) is 34.2. The van der Waals surface area contributed by atoms with Gasteiger partial charge in [-0.25, -0.2) is 4.79 Å². The van der Waals surface area contributed by atoms with Gasteiger partial charge in [0.2, 0.25) is 0 Å². The Morgan fingerprint density at radius 3 is 1.65 bits per heavy atom. The molecule has 304 valence electrons. The fraction of sp³-hybridized carbons (Fsp3) is 0.956. The molecule has 1 N–H and O–H groups in total. The number of carbonyl (C=O) groups is 2. The molecular formula is C45H83NO6. The van der Waals surface area contributed by atoms with E-state index >= 15 is 0 Å². The smallest absolute Gasteiger partial charge is 0.462 e. The first-order valence-electron chi connectivity index (χ1n) is 22.8. The summed E-state index contributed by atoms with van der Waals surface area (Å²) in [6.07, 6.45) is 35.2. The number of aliphatic hydroxyl groups is 1. The van der Waals surface area contributed by atoms with Crippen LogP contribution >= 0.6 is 0 Å². The van der Waals surface area contributed by atoms with Gasteiger partial charge in [-0.15, -0.1) is 0 Å². The normalized spacial score (nSPS) is 22.1. The Kier molecular flexibility index (Phi) is 24.4. The van der Waals surface area contributed by atoms with E-state index in [1.54, 1.807) is 0 Å². The lowest BCUT2D eigenvalue weighted by Gasteiger charge is -2.57. The maximum absolute atomic E-state index is 12.7. The number of ether oxygens (including phenoxy) is 3. The summed E-state index contributed by atoms with van der Waals surface area (Å²) in [5.74, 6) is 2.79. The number of esters is 1. The van der Waals surface area contributed by atoms with Gasteiger partial charge in [-0.1, -0.05) is 97.3 Å². The number of nitrogens with zero attached hydrogens (tertiary/aromatic N) is 1. The summed E-state index contributed by atoms with van der Waals surface area (Å²) in [4.78, 5) is 27.2. The molecule has 4 aliphatic rings. The van der Waals surface area contributed by atoms with Crippen molar-refractivity contribution in [2.24, 2.45) is 23.2 Å². The minimum absolute atomic E-state index is 0.00541. The topological polar surface area (TPSA) is 85.3 Å². The van der Waals surface area contributed by atoms with E-state index in [9.17, 15) is 14.7 Å². The van der Waals surface area contributed by atoms with Crippen LogP contribution in [0.25, 0.3) is 0 Å². The Morgan fingerprint density at radius 1 is 0.615 bits per heavy atom. The maximum Gasteiger partial charge on any atom is 0.508 e. The fourth-order valence-electron chi connectivity index (χ4n) is 10.2. The zero-order chi connectivity index (χ0) is 37.1.